The molecule has 24 heavy (non-hydrogen) atoms. The summed E-state index contributed by atoms with van der Waals surface area (Å²) in [7, 11) is 1.38. The van der Waals surface area contributed by atoms with Crippen molar-refractivity contribution in [2.24, 2.45) is 5.73 Å². The number of benzene rings is 2. The number of hydrogen-bond acceptors (Lipinski definition) is 6. The molecule has 2 aromatic carbocycles. The van der Waals surface area contributed by atoms with E-state index in [9.17, 15) is 4.79 Å². The van der Waals surface area contributed by atoms with Gasteiger partial charge in [0.25, 0.3) is 5.91 Å². The molecule has 1 amide bonds. The SMILES string of the molecule is COC(C(N)=O)c1cc(Oc2ccc(N)c3ccccc23)ncn1. The summed E-state index contributed by atoms with van der Waals surface area (Å²) in [6.07, 6.45) is 0.331. The number of nitrogens with zero attached hydrogens (tertiary/aromatic N) is 2. The van der Waals surface area contributed by atoms with Gasteiger partial charge in [0.05, 0.1) is 5.69 Å². The summed E-state index contributed by atoms with van der Waals surface area (Å²) in [5.41, 5.74) is 12.3. The van der Waals surface area contributed by atoms with Gasteiger partial charge in [-0.05, 0) is 12.1 Å². The lowest BCUT2D eigenvalue weighted by molar-refractivity contribution is -0.128. The third-order valence-electron chi connectivity index (χ3n) is 3.56. The van der Waals surface area contributed by atoms with E-state index < -0.39 is 12.0 Å². The number of anilines is 1. The van der Waals surface area contributed by atoms with E-state index in [2.05, 4.69) is 9.97 Å². The van der Waals surface area contributed by atoms with Crippen LogP contribution in [0.3, 0.4) is 0 Å². The topological polar surface area (TPSA) is 113 Å². The predicted molar refractivity (Wildman–Crippen MR) is 89.4 cm³/mol. The van der Waals surface area contributed by atoms with Crippen LogP contribution in [0.25, 0.3) is 10.8 Å². The van der Waals surface area contributed by atoms with Gasteiger partial charge >= 0.3 is 0 Å². The van der Waals surface area contributed by atoms with Gasteiger partial charge in [-0.2, -0.15) is 0 Å². The standard InChI is InChI=1S/C17H16N4O3/c1-23-16(17(19)22)13-8-15(21-9-20-13)24-14-7-6-12(18)10-4-2-3-5-11(10)14/h2-9,16H,18H2,1H3,(H2,19,22). The molecular weight excluding hydrogens is 308 g/mol. The number of fused-ring (bicyclic) bond motifs is 1. The maximum absolute atomic E-state index is 11.4. The number of methoxy groups -OCH3 is 1. The van der Waals surface area contributed by atoms with E-state index in [-0.39, 0.29) is 5.88 Å². The maximum atomic E-state index is 11.4. The van der Waals surface area contributed by atoms with Crippen LogP contribution in [0, 0.1) is 0 Å². The van der Waals surface area contributed by atoms with Crippen molar-refractivity contribution in [3.8, 4) is 11.6 Å². The first-order valence-corrected chi connectivity index (χ1v) is 7.19. The third-order valence-corrected chi connectivity index (χ3v) is 3.56. The monoisotopic (exact) mass is 324 g/mol. The molecule has 122 valence electrons. The Morgan fingerprint density at radius 2 is 1.88 bits per heavy atom. The molecular formula is C17H16N4O3. The highest BCUT2D eigenvalue weighted by atomic mass is 16.5. The number of ether oxygens (including phenoxy) is 2. The summed E-state index contributed by atoms with van der Waals surface area (Å²) < 4.78 is 10.9. The van der Waals surface area contributed by atoms with Crippen LogP contribution in [0.4, 0.5) is 5.69 Å². The molecule has 3 aromatic rings. The predicted octanol–water partition coefficient (Wildman–Crippen LogP) is 2.18. The number of carbonyl (C=O) groups excluding carboxylic acids is 1. The van der Waals surface area contributed by atoms with Gasteiger partial charge in [0, 0.05) is 29.6 Å². The van der Waals surface area contributed by atoms with E-state index in [1.165, 1.54) is 19.5 Å². The van der Waals surface area contributed by atoms with E-state index in [1.54, 1.807) is 12.1 Å². The molecule has 0 saturated heterocycles. The van der Waals surface area contributed by atoms with Crippen molar-refractivity contribution in [2.75, 3.05) is 12.8 Å². The van der Waals surface area contributed by atoms with Crippen molar-refractivity contribution >= 4 is 22.4 Å². The Morgan fingerprint density at radius 1 is 1.12 bits per heavy atom. The van der Waals surface area contributed by atoms with E-state index in [0.29, 0.717) is 17.1 Å². The lowest BCUT2D eigenvalue weighted by atomic mass is 10.1. The van der Waals surface area contributed by atoms with E-state index >= 15 is 0 Å². The maximum Gasteiger partial charge on any atom is 0.252 e. The van der Waals surface area contributed by atoms with E-state index in [4.69, 9.17) is 20.9 Å². The van der Waals surface area contributed by atoms with Crippen LogP contribution in [-0.2, 0) is 9.53 Å². The normalized spacial score (nSPS) is 12.0. The molecule has 1 atom stereocenters. The van der Waals surface area contributed by atoms with Crippen LogP contribution < -0.4 is 16.2 Å². The van der Waals surface area contributed by atoms with E-state index in [1.807, 2.05) is 24.3 Å². The number of carbonyl (C=O) groups is 1. The zero-order valence-electron chi connectivity index (χ0n) is 13.0. The molecule has 0 aliphatic heterocycles. The molecule has 7 nitrogen and oxygen atoms in total. The van der Waals surface area contributed by atoms with Crippen molar-refractivity contribution < 1.29 is 14.3 Å². The summed E-state index contributed by atoms with van der Waals surface area (Å²) in [5, 5.41) is 1.74. The Kier molecular flexibility index (Phi) is 4.26. The molecule has 1 unspecified atom stereocenters. The summed E-state index contributed by atoms with van der Waals surface area (Å²) in [6, 6.07) is 12.7. The highest BCUT2D eigenvalue weighted by molar-refractivity contribution is 5.97. The molecule has 1 aromatic heterocycles. The number of rotatable bonds is 5. The zero-order chi connectivity index (χ0) is 17.1. The van der Waals surface area contributed by atoms with Crippen LogP contribution in [-0.4, -0.2) is 23.0 Å². The van der Waals surface area contributed by atoms with Crippen molar-refractivity contribution in [2.45, 2.75) is 6.10 Å². The van der Waals surface area contributed by atoms with Crippen LogP contribution >= 0.6 is 0 Å². The first-order valence-electron chi connectivity index (χ1n) is 7.19. The number of amides is 1. The Labute approximate surface area is 138 Å². The molecule has 7 heteroatoms. The van der Waals surface area contributed by atoms with Crippen LogP contribution in [0.15, 0.2) is 48.8 Å². The van der Waals surface area contributed by atoms with Gasteiger partial charge in [0.2, 0.25) is 5.88 Å². The van der Waals surface area contributed by atoms with Gasteiger partial charge in [-0.3, -0.25) is 4.79 Å². The van der Waals surface area contributed by atoms with E-state index in [0.717, 1.165) is 10.8 Å². The Hall–Kier alpha value is -3.19. The number of nitrogens with two attached hydrogens (primary N) is 2. The van der Waals surface area contributed by atoms with Crippen LogP contribution in [0.2, 0.25) is 0 Å². The molecule has 0 bridgehead atoms. The molecule has 1 heterocycles. The molecule has 3 rings (SSSR count). The molecule has 0 spiro atoms. The lowest BCUT2D eigenvalue weighted by Gasteiger charge is -2.13. The minimum atomic E-state index is -0.960. The fourth-order valence-electron chi connectivity index (χ4n) is 2.43. The van der Waals surface area contributed by atoms with Crippen molar-refractivity contribution in [1.82, 2.24) is 9.97 Å². The van der Waals surface area contributed by atoms with Gasteiger partial charge in [0.1, 0.15) is 12.1 Å². The van der Waals surface area contributed by atoms with Gasteiger partial charge in [-0.25, -0.2) is 9.97 Å². The first-order chi connectivity index (χ1) is 11.6. The molecule has 4 N–H and O–H groups in total. The number of primary amides is 1. The van der Waals surface area contributed by atoms with Crippen molar-refractivity contribution in [3.63, 3.8) is 0 Å². The Bertz CT molecular complexity index is 898. The average molecular weight is 324 g/mol. The number of aromatic nitrogens is 2. The highest BCUT2D eigenvalue weighted by Gasteiger charge is 2.19. The fraction of sp³-hybridized carbons (Fsp3) is 0.118. The minimum absolute atomic E-state index is 0.276. The van der Waals surface area contributed by atoms with Crippen molar-refractivity contribution in [1.29, 1.82) is 0 Å². The largest absolute Gasteiger partial charge is 0.438 e. The second kappa shape index (κ2) is 6.51. The molecule has 0 aliphatic carbocycles. The third kappa shape index (κ3) is 2.97. The Balaban J connectivity index is 1.98. The number of hydrogen-bond donors (Lipinski definition) is 2. The van der Waals surface area contributed by atoms with Gasteiger partial charge in [0.15, 0.2) is 6.10 Å². The first kappa shape index (κ1) is 15.7. The van der Waals surface area contributed by atoms with Crippen LogP contribution in [0.5, 0.6) is 11.6 Å². The fourth-order valence-corrected chi connectivity index (χ4v) is 2.43. The van der Waals surface area contributed by atoms with Gasteiger partial charge in [-0.15, -0.1) is 0 Å². The smallest absolute Gasteiger partial charge is 0.252 e. The lowest BCUT2D eigenvalue weighted by Crippen LogP contribution is -2.23. The van der Waals surface area contributed by atoms with Crippen molar-refractivity contribution in [3.05, 3.63) is 54.5 Å². The highest BCUT2D eigenvalue weighted by Crippen LogP contribution is 2.32. The van der Waals surface area contributed by atoms with Gasteiger partial charge < -0.3 is 20.9 Å². The molecule has 0 radical (unpaired) electrons. The summed E-state index contributed by atoms with van der Waals surface area (Å²) >= 11 is 0. The van der Waals surface area contributed by atoms with Crippen LogP contribution in [0.1, 0.15) is 11.8 Å². The van der Waals surface area contributed by atoms with Gasteiger partial charge in [-0.1, -0.05) is 24.3 Å². The Morgan fingerprint density at radius 3 is 2.58 bits per heavy atom. The number of nitrogen functional groups attached to an aromatic ring is 1. The average Bonchev–Trinajstić information content (AvgIpc) is 2.58. The summed E-state index contributed by atoms with van der Waals surface area (Å²) in [6.45, 7) is 0. The second-order valence-corrected chi connectivity index (χ2v) is 5.10. The minimum Gasteiger partial charge on any atom is -0.438 e. The summed E-state index contributed by atoms with van der Waals surface area (Å²) in [4.78, 5) is 19.5. The molecule has 0 fully saturated rings. The summed E-state index contributed by atoms with van der Waals surface area (Å²) in [5.74, 6) is 0.232. The molecule has 0 saturated carbocycles. The molecule has 0 aliphatic rings. The zero-order valence-corrected chi connectivity index (χ0v) is 13.0. The quantitative estimate of drug-likeness (QED) is 0.695. The second-order valence-electron chi connectivity index (χ2n) is 5.10.